The van der Waals surface area contributed by atoms with Gasteiger partial charge in [-0.1, -0.05) is 12.1 Å². The summed E-state index contributed by atoms with van der Waals surface area (Å²) in [6.07, 6.45) is 0. The molecule has 0 aliphatic heterocycles. The zero-order valence-corrected chi connectivity index (χ0v) is 15.4. The summed E-state index contributed by atoms with van der Waals surface area (Å²) in [6, 6.07) is 13.1. The van der Waals surface area contributed by atoms with Crippen LogP contribution in [-0.2, 0) is 0 Å². The van der Waals surface area contributed by atoms with Crippen LogP contribution in [0.25, 0.3) is 32.3 Å². The fourth-order valence-electron chi connectivity index (χ4n) is 3.83. The number of aryl methyl sites for hydroxylation is 4. The van der Waals surface area contributed by atoms with Crippen molar-refractivity contribution in [1.82, 2.24) is 0 Å². The van der Waals surface area contributed by atoms with Gasteiger partial charge in [-0.15, -0.1) is 0 Å². The van der Waals surface area contributed by atoms with Crippen molar-refractivity contribution < 1.29 is 5.11 Å². The Morgan fingerprint density at radius 2 is 0.960 bits per heavy atom. The molecule has 2 nitrogen and oxygen atoms in total. The van der Waals surface area contributed by atoms with Crippen molar-refractivity contribution in [3.8, 4) is 5.75 Å². The van der Waals surface area contributed by atoms with E-state index in [1.54, 1.807) is 0 Å². The predicted molar refractivity (Wildman–Crippen MR) is 109 cm³/mol. The summed E-state index contributed by atoms with van der Waals surface area (Å²) in [4.78, 5) is 0. The summed E-state index contributed by atoms with van der Waals surface area (Å²) in [6.45, 7) is 8.41. The van der Waals surface area contributed by atoms with Crippen molar-refractivity contribution in [2.45, 2.75) is 27.7 Å². The summed E-state index contributed by atoms with van der Waals surface area (Å²) in [5, 5.41) is 20.9. The highest BCUT2D eigenvalue weighted by molar-refractivity contribution is 6.26. The lowest BCUT2D eigenvalue weighted by atomic mass is 9.90. The smallest absolute Gasteiger partial charge is 0.119 e. The third-order valence-electron chi connectivity index (χ3n) is 5.47. The molecule has 0 radical (unpaired) electrons. The molecule has 0 unspecified atom stereocenters. The molecule has 0 bridgehead atoms. The summed E-state index contributed by atoms with van der Waals surface area (Å²) in [5.74, 6) is 0.354. The quantitative estimate of drug-likeness (QED) is 0.412. The lowest BCUT2D eigenvalue weighted by Gasteiger charge is -2.16. The highest BCUT2D eigenvalue weighted by atomic mass is 16.3. The SMILES string of the molecule is CNc1cc2c3cc(C)c(C)cc3c3cc(C)c(O)cc3c2cc1C. The predicted octanol–water partition coefficient (Wildman–Crippen LogP) is 6.13. The summed E-state index contributed by atoms with van der Waals surface area (Å²) in [5.41, 5.74) is 5.85. The number of rotatable bonds is 1. The Kier molecular flexibility index (Phi) is 3.40. The van der Waals surface area contributed by atoms with Crippen LogP contribution in [0.3, 0.4) is 0 Å². The Balaban J connectivity index is 2.36. The van der Waals surface area contributed by atoms with E-state index >= 15 is 0 Å². The number of phenols is 1. The molecule has 0 atom stereocenters. The van der Waals surface area contributed by atoms with Crippen LogP contribution < -0.4 is 5.32 Å². The number of fused-ring (bicyclic) bond motifs is 6. The van der Waals surface area contributed by atoms with Crippen molar-refractivity contribution in [2.24, 2.45) is 0 Å². The second-order valence-corrected chi connectivity index (χ2v) is 7.13. The van der Waals surface area contributed by atoms with E-state index in [4.69, 9.17) is 0 Å². The fourth-order valence-corrected chi connectivity index (χ4v) is 3.83. The van der Waals surface area contributed by atoms with Gasteiger partial charge in [-0.2, -0.15) is 0 Å². The highest BCUT2D eigenvalue weighted by Gasteiger charge is 2.13. The second kappa shape index (κ2) is 5.38. The normalized spacial score (nSPS) is 11.6. The molecule has 4 aromatic rings. The number of benzene rings is 4. The van der Waals surface area contributed by atoms with E-state index in [1.807, 2.05) is 20.0 Å². The molecular formula is C23H23NO. The number of anilines is 1. The number of hydrogen-bond acceptors (Lipinski definition) is 2. The van der Waals surface area contributed by atoms with Crippen molar-refractivity contribution in [2.75, 3.05) is 12.4 Å². The van der Waals surface area contributed by atoms with E-state index in [1.165, 1.54) is 43.6 Å². The topological polar surface area (TPSA) is 32.3 Å². The first kappa shape index (κ1) is 15.8. The van der Waals surface area contributed by atoms with Crippen LogP contribution in [0.2, 0.25) is 0 Å². The Hall–Kier alpha value is -2.74. The number of nitrogens with one attached hydrogen (secondary N) is 1. The minimum atomic E-state index is 0.354. The van der Waals surface area contributed by atoms with E-state index in [2.05, 4.69) is 56.4 Å². The lowest BCUT2D eigenvalue weighted by molar-refractivity contribution is 0.472. The molecule has 0 aliphatic carbocycles. The van der Waals surface area contributed by atoms with Crippen LogP contribution in [0.4, 0.5) is 5.69 Å². The zero-order valence-electron chi connectivity index (χ0n) is 15.4. The monoisotopic (exact) mass is 329 g/mol. The largest absolute Gasteiger partial charge is 0.508 e. The van der Waals surface area contributed by atoms with Crippen molar-refractivity contribution in [3.05, 3.63) is 58.7 Å². The van der Waals surface area contributed by atoms with Gasteiger partial charge in [0.15, 0.2) is 0 Å². The molecule has 2 N–H and O–H groups in total. The van der Waals surface area contributed by atoms with Gasteiger partial charge < -0.3 is 10.4 Å². The van der Waals surface area contributed by atoms with Crippen LogP contribution in [0.1, 0.15) is 22.3 Å². The Morgan fingerprint density at radius 3 is 1.48 bits per heavy atom. The number of aromatic hydroxyl groups is 1. The molecule has 0 saturated carbocycles. The van der Waals surface area contributed by atoms with Crippen LogP contribution in [0.15, 0.2) is 36.4 Å². The van der Waals surface area contributed by atoms with Crippen LogP contribution in [0.5, 0.6) is 5.75 Å². The molecule has 0 saturated heterocycles. The van der Waals surface area contributed by atoms with E-state index in [-0.39, 0.29) is 0 Å². The molecule has 0 aliphatic rings. The van der Waals surface area contributed by atoms with Crippen LogP contribution >= 0.6 is 0 Å². The minimum Gasteiger partial charge on any atom is -0.508 e. The average molecular weight is 329 g/mol. The van der Waals surface area contributed by atoms with Crippen LogP contribution in [0, 0.1) is 27.7 Å². The van der Waals surface area contributed by atoms with Gasteiger partial charge >= 0.3 is 0 Å². The average Bonchev–Trinajstić information content (AvgIpc) is 2.58. The molecule has 0 amide bonds. The first-order valence-electron chi connectivity index (χ1n) is 8.69. The molecular weight excluding hydrogens is 306 g/mol. The number of phenolic OH excluding ortho intramolecular Hbond substituents is 1. The van der Waals surface area contributed by atoms with Crippen molar-refractivity contribution in [3.63, 3.8) is 0 Å². The van der Waals surface area contributed by atoms with E-state index in [0.29, 0.717) is 5.75 Å². The van der Waals surface area contributed by atoms with E-state index < -0.39 is 0 Å². The van der Waals surface area contributed by atoms with Gasteiger partial charge in [-0.25, -0.2) is 0 Å². The van der Waals surface area contributed by atoms with E-state index in [9.17, 15) is 5.11 Å². The lowest BCUT2D eigenvalue weighted by Crippen LogP contribution is -1.94. The highest BCUT2D eigenvalue weighted by Crippen LogP contribution is 2.40. The maximum atomic E-state index is 10.3. The molecule has 0 heterocycles. The zero-order chi connectivity index (χ0) is 17.9. The maximum absolute atomic E-state index is 10.3. The van der Waals surface area contributed by atoms with Gasteiger partial charge in [-0.05, 0) is 107 Å². The van der Waals surface area contributed by atoms with Gasteiger partial charge in [0.05, 0.1) is 0 Å². The Bertz CT molecular complexity index is 1130. The molecule has 25 heavy (non-hydrogen) atoms. The first-order chi connectivity index (χ1) is 11.9. The third kappa shape index (κ3) is 2.25. The Morgan fingerprint density at radius 1 is 0.560 bits per heavy atom. The molecule has 126 valence electrons. The van der Waals surface area contributed by atoms with Gasteiger partial charge in [0.1, 0.15) is 5.75 Å². The fraction of sp³-hybridized carbons (Fsp3) is 0.217. The second-order valence-electron chi connectivity index (χ2n) is 7.13. The summed E-state index contributed by atoms with van der Waals surface area (Å²) >= 11 is 0. The number of hydrogen-bond donors (Lipinski definition) is 2. The van der Waals surface area contributed by atoms with Gasteiger partial charge in [0, 0.05) is 12.7 Å². The van der Waals surface area contributed by atoms with E-state index in [0.717, 1.165) is 16.6 Å². The molecule has 4 aromatic carbocycles. The third-order valence-corrected chi connectivity index (χ3v) is 5.47. The Labute approximate surface area is 148 Å². The standard InChI is InChI=1S/C23H23NO/c1-12-6-16-17(7-13(12)2)20-10-22(24-5)14(3)8-18(20)21-11-23(25)15(4)9-19(16)21/h6-11,24-25H,1-5H3. The van der Waals surface area contributed by atoms with Crippen molar-refractivity contribution in [1.29, 1.82) is 0 Å². The summed E-state index contributed by atoms with van der Waals surface area (Å²) < 4.78 is 0. The first-order valence-corrected chi connectivity index (χ1v) is 8.69. The van der Waals surface area contributed by atoms with Gasteiger partial charge in [0.25, 0.3) is 0 Å². The van der Waals surface area contributed by atoms with Crippen molar-refractivity contribution >= 4 is 38.0 Å². The molecule has 2 heteroatoms. The maximum Gasteiger partial charge on any atom is 0.119 e. The van der Waals surface area contributed by atoms with Crippen LogP contribution in [-0.4, -0.2) is 12.2 Å². The summed E-state index contributed by atoms with van der Waals surface area (Å²) in [7, 11) is 1.96. The molecule has 0 aromatic heterocycles. The molecule has 0 spiro atoms. The van der Waals surface area contributed by atoms with Gasteiger partial charge in [-0.3, -0.25) is 0 Å². The molecule has 4 rings (SSSR count). The van der Waals surface area contributed by atoms with Gasteiger partial charge in [0.2, 0.25) is 0 Å². The molecule has 0 fully saturated rings. The minimum absolute atomic E-state index is 0.354.